The Kier molecular flexibility index (Phi) is 5.66. The maximum Gasteiger partial charge on any atom is 0.323 e. The highest BCUT2D eigenvalue weighted by Gasteiger charge is 2.13. The Bertz CT molecular complexity index is 1160. The van der Waals surface area contributed by atoms with Crippen LogP contribution in [0.2, 0.25) is 0 Å². The predicted octanol–water partition coefficient (Wildman–Crippen LogP) is 4.00. The zero-order valence-corrected chi connectivity index (χ0v) is 16.7. The van der Waals surface area contributed by atoms with E-state index in [0.29, 0.717) is 5.82 Å². The quantitative estimate of drug-likeness (QED) is 0.507. The average Bonchev–Trinajstić information content (AvgIpc) is 2.77. The summed E-state index contributed by atoms with van der Waals surface area (Å²) >= 11 is 0. The summed E-state index contributed by atoms with van der Waals surface area (Å²) in [6.45, 7) is -0.115. The third-order valence-corrected chi connectivity index (χ3v) is 5.01. The number of pyridine rings is 3. The highest BCUT2D eigenvalue weighted by Crippen LogP contribution is 2.31. The number of carboxylic acid groups (broad SMARTS) is 1. The smallest absolute Gasteiger partial charge is 0.323 e. The first-order chi connectivity index (χ1) is 14.6. The lowest BCUT2D eigenvalue weighted by molar-refractivity contribution is -0.135. The number of aryl methyl sites for hydroxylation is 2. The molecule has 3 heterocycles. The number of nitrogens with zero attached hydrogens (tertiary/aromatic N) is 4. The minimum atomic E-state index is -0.894. The van der Waals surface area contributed by atoms with Crippen LogP contribution < -0.4 is 4.90 Å². The second-order valence-corrected chi connectivity index (χ2v) is 7.19. The van der Waals surface area contributed by atoms with Gasteiger partial charge >= 0.3 is 5.97 Å². The molecule has 0 unspecified atom stereocenters. The van der Waals surface area contributed by atoms with E-state index in [-0.39, 0.29) is 6.54 Å². The monoisotopic (exact) mass is 398 g/mol. The molecule has 0 atom stereocenters. The Morgan fingerprint density at radius 3 is 2.57 bits per heavy atom. The van der Waals surface area contributed by atoms with Gasteiger partial charge in [-0.2, -0.15) is 0 Å². The van der Waals surface area contributed by atoms with Gasteiger partial charge in [-0.1, -0.05) is 12.1 Å². The van der Waals surface area contributed by atoms with E-state index >= 15 is 0 Å². The molecule has 0 bridgehead atoms. The Hall–Kier alpha value is -3.80. The number of carboxylic acids is 1. The van der Waals surface area contributed by atoms with Gasteiger partial charge in [0.15, 0.2) is 0 Å². The van der Waals surface area contributed by atoms with Gasteiger partial charge in [-0.05, 0) is 72.0 Å². The summed E-state index contributed by atoms with van der Waals surface area (Å²) < 4.78 is 0. The fourth-order valence-corrected chi connectivity index (χ4v) is 3.48. The summed E-state index contributed by atoms with van der Waals surface area (Å²) in [6.07, 6.45) is 7.07. The molecule has 0 amide bonds. The zero-order chi connectivity index (χ0) is 20.9. The van der Waals surface area contributed by atoms with Gasteiger partial charge in [0.25, 0.3) is 0 Å². The molecule has 0 aliphatic rings. The van der Waals surface area contributed by atoms with Crippen LogP contribution in [0.3, 0.4) is 0 Å². The first kappa shape index (κ1) is 19.5. The normalized spacial score (nSPS) is 10.8. The highest BCUT2D eigenvalue weighted by molar-refractivity contribution is 5.96. The standard InChI is InChI=1S/C24H22N4O2/c1-28(16-24(29)30)23-15-20(18-9-12-25-13-10-18)21-14-17(6-8-22(21)27-23)5-7-19-4-2-3-11-26-19/h2-4,6,8-15H,5,7,16H2,1H3,(H,29,30). The fourth-order valence-electron chi connectivity index (χ4n) is 3.48. The molecule has 6 heteroatoms. The third kappa shape index (κ3) is 4.43. The van der Waals surface area contributed by atoms with Gasteiger partial charge < -0.3 is 10.0 Å². The van der Waals surface area contributed by atoms with Gasteiger partial charge in [-0.3, -0.25) is 14.8 Å². The Morgan fingerprint density at radius 2 is 1.83 bits per heavy atom. The second-order valence-electron chi connectivity index (χ2n) is 7.19. The number of fused-ring (bicyclic) bond motifs is 1. The Balaban J connectivity index is 1.75. The molecule has 0 aliphatic carbocycles. The van der Waals surface area contributed by atoms with Crippen molar-refractivity contribution >= 4 is 22.7 Å². The van der Waals surface area contributed by atoms with Crippen LogP contribution in [0.5, 0.6) is 0 Å². The Labute approximate surface area is 174 Å². The third-order valence-electron chi connectivity index (χ3n) is 5.01. The molecule has 0 saturated carbocycles. The van der Waals surface area contributed by atoms with Gasteiger partial charge in [0.1, 0.15) is 12.4 Å². The van der Waals surface area contributed by atoms with E-state index < -0.39 is 5.97 Å². The van der Waals surface area contributed by atoms with Crippen molar-refractivity contribution in [1.29, 1.82) is 0 Å². The SMILES string of the molecule is CN(CC(=O)O)c1cc(-c2ccncc2)c2cc(CCc3ccccn3)ccc2n1. The summed E-state index contributed by atoms with van der Waals surface area (Å²) in [4.78, 5) is 26.0. The molecular formula is C24H22N4O2. The van der Waals surface area contributed by atoms with E-state index in [1.165, 1.54) is 5.56 Å². The highest BCUT2D eigenvalue weighted by atomic mass is 16.4. The van der Waals surface area contributed by atoms with Crippen LogP contribution in [0.15, 0.2) is 73.2 Å². The van der Waals surface area contributed by atoms with Crippen LogP contribution in [0, 0.1) is 0 Å². The van der Waals surface area contributed by atoms with Crippen LogP contribution in [0.25, 0.3) is 22.0 Å². The number of hydrogen-bond donors (Lipinski definition) is 1. The number of carbonyl (C=O) groups is 1. The van der Waals surface area contributed by atoms with E-state index in [2.05, 4.69) is 22.1 Å². The first-order valence-electron chi connectivity index (χ1n) is 9.77. The van der Waals surface area contributed by atoms with Crippen LogP contribution in [-0.2, 0) is 17.6 Å². The number of rotatable bonds is 7. The summed E-state index contributed by atoms with van der Waals surface area (Å²) in [5.74, 6) is -0.271. The lowest BCUT2D eigenvalue weighted by Gasteiger charge is -2.18. The molecule has 1 aromatic carbocycles. The summed E-state index contributed by atoms with van der Waals surface area (Å²) in [7, 11) is 1.74. The first-order valence-corrected chi connectivity index (χ1v) is 9.77. The van der Waals surface area contributed by atoms with Crippen molar-refractivity contribution in [1.82, 2.24) is 15.0 Å². The Morgan fingerprint density at radius 1 is 1.00 bits per heavy atom. The van der Waals surface area contributed by atoms with Crippen LogP contribution in [0.1, 0.15) is 11.3 Å². The van der Waals surface area contributed by atoms with Crippen molar-refractivity contribution in [3.05, 3.63) is 84.4 Å². The number of aliphatic carboxylic acids is 1. The number of hydrogen-bond acceptors (Lipinski definition) is 5. The van der Waals surface area contributed by atoms with Gasteiger partial charge in [0.05, 0.1) is 5.52 Å². The van der Waals surface area contributed by atoms with Gasteiger partial charge in [0, 0.05) is 36.7 Å². The van der Waals surface area contributed by atoms with E-state index in [0.717, 1.165) is 40.6 Å². The predicted molar refractivity (Wildman–Crippen MR) is 118 cm³/mol. The molecule has 6 nitrogen and oxygen atoms in total. The van der Waals surface area contributed by atoms with E-state index in [1.54, 1.807) is 24.3 Å². The molecule has 150 valence electrons. The number of anilines is 1. The summed E-state index contributed by atoms with van der Waals surface area (Å²) in [5, 5.41) is 10.2. The van der Waals surface area contributed by atoms with Crippen molar-refractivity contribution in [2.45, 2.75) is 12.8 Å². The lowest BCUT2D eigenvalue weighted by atomic mass is 9.98. The maximum atomic E-state index is 11.2. The van der Waals surface area contributed by atoms with Crippen LogP contribution >= 0.6 is 0 Å². The lowest BCUT2D eigenvalue weighted by Crippen LogP contribution is -2.26. The molecule has 0 aliphatic heterocycles. The number of benzene rings is 1. The molecule has 0 radical (unpaired) electrons. The second kappa shape index (κ2) is 8.69. The van der Waals surface area contributed by atoms with E-state index in [4.69, 9.17) is 10.1 Å². The van der Waals surface area contributed by atoms with Gasteiger partial charge in [-0.15, -0.1) is 0 Å². The van der Waals surface area contributed by atoms with Gasteiger partial charge in [-0.25, -0.2) is 4.98 Å². The molecule has 4 rings (SSSR count). The molecule has 3 aromatic heterocycles. The van der Waals surface area contributed by atoms with Crippen LogP contribution in [0.4, 0.5) is 5.82 Å². The topological polar surface area (TPSA) is 79.2 Å². The summed E-state index contributed by atoms with van der Waals surface area (Å²) in [5.41, 5.74) is 5.13. The minimum absolute atomic E-state index is 0.115. The summed E-state index contributed by atoms with van der Waals surface area (Å²) in [6, 6.07) is 18.1. The molecule has 0 saturated heterocycles. The van der Waals surface area contributed by atoms with E-state index in [9.17, 15) is 4.79 Å². The molecular weight excluding hydrogens is 376 g/mol. The largest absolute Gasteiger partial charge is 0.480 e. The van der Waals surface area contributed by atoms with Crippen molar-refractivity contribution < 1.29 is 9.90 Å². The van der Waals surface area contributed by atoms with Crippen molar-refractivity contribution in [2.24, 2.45) is 0 Å². The molecule has 1 N–H and O–H groups in total. The van der Waals surface area contributed by atoms with Crippen LogP contribution in [-0.4, -0.2) is 39.6 Å². The average molecular weight is 398 g/mol. The van der Waals surface area contributed by atoms with Gasteiger partial charge in [0.2, 0.25) is 0 Å². The maximum absolute atomic E-state index is 11.2. The molecule has 0 spiro atoms. The molecule has 30 heavy (non-hydrogen) atoms. The number of likely N-dealkylation sites (N-methyl/N-ethyl adjacent to an activating group) is 1. The minimum Gasteiger partial charge on any atom is -0.480 e. The molecule has 4 aromatic rings. The van der Waals surface area contributed by atoms with Crippen molar-refractivity contribution in [3.8, 4) is 11.1 Å². The zero-order valence-electron chi connectivity index (χ0n) is 16.7. The van der Waals surface area contributed by atoms with Crippen molar-refractivity contribution in [3.63, 3.8) is 0 Å². The molecule has 0 fully saturated rings. The van der Waals surface area contributed by atoms with Crippen molar-refractivity contribution in [2.75, 3.05) is 18.5 Å². The fraction of sp³-hybridized carbons (Fsp3) is 0.167. The number of aromatic nitrogens is 3. The van der Waals surface area contributed by atoms with E-state index in [1.807, 2.05) is 48.7 Å².